The van der Waals surface area contributed by atoms with Gasteiger partial charge in [0.15, 0.2) is 0 Å². The van der Waals surface area contributed by atoms with Crippen molar-refractivity contribution in [1.82, 2.24) is 4.90 Å². The number of hydrogen-bond acceptors (Lipinski definition) is 7. The van der Waals surface area contributed by atoms with E-state index in [-0.39, 0.29) is 24.7 Å². The normalized spacial score (nSPS) is 25.1. The number of likely N-dealkylation sites (tertiary alicyclic amines) is 1. The van der Waals surface area contributed by atoms with Crippen LogP contribution in [0.2, 0.25) is 0 Å². The highest BCUT2D eigenvalue weighted by molar-refractivity contribution is 5.89. The Balaban J connectivity index is 1.40. The van der Waals surface area contributed by atoms with E-state index in [4.69, 9.17) is 9.47 Å². The summed E-state index contributed by atoms with van der Waals surface area (Å²) < 4.78 is 11.5. The third kappa shape index (κ3) is 4.60. The first-order valence-corrected chi connectivity index (χ1v) is 11.3. The van der Waals surface area contributed by atoms with Crippen molar-refractivity contribution in [3.63, 3.8) is 0 Å². The molecule has 172 valence electrons. The second-order valence-corrected chi connectivity index (χ2v) is 8.78. The highest BCUT2D eigenvalue weighted by Gasteiger charge is 2.54. The third-order valence-electron chi connectivity index (χ3n) is 6.44. The van der Waals surface area contributed by atoms with Gasteiger partial charge in [0.1, 0.15) is 29.9 Å². The van der Waals surface area contributed by atoms with Gasteiger partial charge in [0.05, 0.1) is 11.7 Å². The standard InChI is InChI=1S/C25H31NO6/c1-2-3-7-17-10-11-21(27)20(22(17)28)15-26-13-12-25(30)14-19(32-24(25)26)16-31-23(29)18-8-5-4-6-9-18/h4-6,8-11,19,24,27-28,30H,2-3,7,12-16H2,1H3/t19?,24-,25-/m0/s1. The van der Waals surface area contributed by atoms with Crippen LogP contribution in [0.3, 0.4) is 0 Å². The maximum Gasteiger partial charge on any atom is 0.338 e. The minimum atomic E-state index is -1.05. The van der Waals surface area contributed by atoms with E-state index in [1.165, 1.54) is 0 Å². The minimum absolute atomic E-state index is 0.0320. The number of aromatic hydroxyl groups is 2. The SMILES string of the molecule is CCCCc1ccc(O)c(CN2CC[C@]3(O)CC(COC(=O)c4ccccc4)O[C@H]23)c1O. The number of rotatable bonds is 8. The van der Waals surface area contributed by atoms with Crippen LogP contribution in [0.4, 0.5) is 0 Å². The molecule has 2 aliphatic heterocycles. The first-order chi connectivity index (χ1) is 15.4. The first kappa shape index (κ1) is 22.6. The molecule has 7 nitrogen and oxygen atoms in total. The van der Waals surface area contributed by atoms with Crippen LogP contribution in [0.25, 0.3) is 0 Å². The Bertz CT molecular complexity index is 949. The highest BCUT2D eigenvalue weighted by Crippen LogP contribution is 2.43. The summed E-state index contributed by atoms with van der Waals surface area (Å²) in [7, 11) is 0. The monoisotopic (exact) mass is 441 g/mol. The van der Waals surface area contributed by atoms with E-state index in [2.05, 4.69) is 6.92 Å². The average Bonchev–Trinajstić information content (AvgIpc) is 3.28. The number of phenolic OH excluding ortho intramolecular Hbond substituents is 2. The van der Waals surface area contributed by atoms with Crippen molar-refractivity contribution in [3.05, 3.63) is 59.2 Å². The van der Waals surface area contributed by atoms with Gasteiger partial charge in [-0.25, -0.2) is 4.79 Å². The molecular weight excluding hydrogens is 410 g/mol. The highest BCUT2D eigenvalue weighted by atomic mass is 16.6. The lowest BCUT2D eigenvalue weighted by Gasteiger charge is -2.27. The molecule has 2 saturated heterocycles. The van der Waals surface area contributed by atoms with Crippen molar-refractivity contribution in [2.75, 3.05) is 13.2 Å². The predicted molar refractivity (Wildman–Crippen MR) is 118 cm³/mol. The number of aliphatic hydroxyl groups is 1. The number of hydrogen-bond donors (Lipinski definition) is 3. The Labute approximate surface area is 188 Å². The van der Waals surface area contributed by atoms with Crippen LogP contribution >= 0.6 is 0 Å². The quantitative estimate of drug-likeness (QED) is 0.540. The molecule has 3 atom stereocenters. The Morgan fingerprint density at radius 3 is 2.75 bits per heavy atom. The minimum Gasteiger partial charge on any atom is -0.507 e. The van der Waals surface area contributed by atoms with Gasteiger partial charge in [0, 0.05) is 25.1 Å². The number of benzene rings is 2. The van der Waals surface area contributed by atoms with Crippen molar-refractivity contribution >= 4 is 5.97 Å². The molecule has 2 aromatic rings. The number of ether oxygens (including phenoxy) is 2. The Morgan fingerprint density at radius 1 is 1.22 bits per heavy atom. The van der Waals surface area contributed by atoms with E-state index in [1.54, 1.807) is 36.4 Å². The first-order valence-electron chi connectivity index (χ1n) is 11.3. The van der Waals surface area contributed by atoms with Crippen molar-refractivity contribution in [1.29, 1.82) is 0 Å². The van der Waals surface area contributed by atoms with E-state index in [0.29, 0.717) is 30.5 Å². The van der Waals surface area contributed by atoms with Crippen LogP contribution in [-0.2, 0) is 22.4 Å². The number of fused-ring (bicyclic) bond motifs is 1. The molecule has 2 aliphatic rings. The van der Waals surface area contributed by atoms with Gasteiger partial charge in [-0.1, -0.05) is 37.6 Å². The molecule has 7 heteroatoms. The zero-order chi connectivity index (χ0) is 22.7. The van der Waals surface area contributed by atoms with Crippen molar-refractivity contribution < 1.29 is 29.6 Å². The van der Waals surface area contributed by atoms with Gasteiger partial charge in [-0.15, -0.1) is 0 Å². The van der Waals surface area contributed by atoms with Gasteiger partial charge in [0.2, 0.25) is 0 Å². The molecule has 2 aromatic carbocycles. The number of carbonyl (C=O) groups excluding carboxylic acids is 1. The van der Waals surface area contributed by atoms with Crippen LogP contribution < -0.4 is 0 Å². The molecule has 4 rings (SSSR count). The summed E-state index contributed by atoms with van der Waals surface area (Å²) >= 11 is 0. The van der Waals surface area contributed by atoms with Gasteiger partial charge in [-0.05, 0) is 43.0 Å². The largest absolute Gasteiger partial charge is 0.507 e. The molecule has 1 unspecified atom stereocenters. The van der Waals surface area contributed by atoms with E-state index in [1.807, 2.05) is 11.0 Å². The summed E-state index contributed by atoms with van der Waals surface area (Å²) in [5.74, 6) is -0.279. The second-order valence-electron chi connectivity index (χ2n) is 8.78. The van der Waals surface area contributed by atoms with Crippen LogP contribution in [0.1, 0.15) is 54.1 Å². The van der Waals surface area contributed by atoms with E-state index in [0.717, 1.165) is 24.8 Å². The Kier molecular flexibility index (Phi) is 6.69. The van der Waals surface area contributed by atoms with Crippen LogP contribution in [0.15, 0.2) is 42.5 Å². The lowest BCUT2D eigenvalue weighted by atomic mass is 9.97. The van der Waals surface area contributed by atoms with Crippen LogP contribution in [0, 0.1) is 0 Å². The molecule has 0 radical (unpaired) electrons. The summed E-state index contributed by atoms with van der Waals surface area (Å²) in [4.78, 5) is 14.1. The summed E-state index contributed by atoms with van der Waals surface area (Å²) in [6.07, 6.45) is 2.59. The number of carbonyl (C=O) groups is 1. The third-order valence-corrected chi connectivity index (χ3v) is 6.44. The Morgan fingerprint density at radius 2 is 2.00 bits per heavy atom. The lowest BCUT2D eigenvalue weighted by Crippen LogP contribution is -2.40. The maximum atomic E-state index is 12.2. The van der Waals surface area contributed by atoms with Gasteiger partial charge in [0.25, 0.3) is 0 Å². The summed E-state index contributed by atoms with van der Waals surface area (Å²) in [6.45, 7) is 2.99. The average molecular weight is 442 g/mol. The van der Waals surface area contributed by atoms with Crippen molar-refractivity contribution in [2.45, 2.75) is 63.5 Å². The van der Waals surface area contributed by atoms with Crippen LogP contribution in [0.5, 0.6) is 11.5 Å². The van der Waals surface area contributed by atoms with Gasteiger partial charge >= 0.3 is 5.97 Å². The van der Waals surface area contributed by atoms with E-state index in [9.17, 15) is 20.1 Å². The van der Waals surface area contributed by atoms with Gasteiger partial charge in [-0.3, -0.25) is 4.90 Å². The van der Waals surface area contributed by atoms with Gasteiger partial charge < -0.3 is 24.8 Å². The fraction of sp³-hybridized carbons (Fsp3) is 0.480. The fourth-order valence-electron chi connectivity index (χ4n) is 4.65. The molecule has 0 amide bonds. The Hall–Kier alpha value is -2.61. The van der Waals surface area contributed by atoms with Crippen LogP contribution in [-0.4, -0.2) is 57.3 Å². The lowest BCUT2D eigenvalue weighted by molar-refractivity contribution is -0.102. The number of aryl methyl sites for hydroxylation is 1. The summed E-state index contributed by atoms with van der Waals surface area (Å²) in [5, 5.41) is 32.2. The molecule has 0 saturated carbocycles. The molecule has 3 N–H and O–H groups in total. The zero-order valence-corrected chi connectivity index (χ0v) is 18.4. The summed E-state index contributed by atoms with van der Waals surface area (Å²) in [5.41, 5.74) is 0.687. The number of unbranched alkanes of at least 4 members (excludes halogenated alkanes) is 1. The smallest absolute Gasteiger partial charge is 0.338 e. The molecule has 0 aromatic heterocycles. The molecule has 32 heavy (non-hydrogen) atoms. The number of nitrogens with zero attached hydrogens (tertiary/aromatic N) is 1. The molecule has 0 spiro atoms. The molecule has 0 bridgehead atoms. The number of phenols is 2. The zero-order valence-electron chi connectivity index (χ0n) is 18.4. The molecule has 0 aliphatic carbocycles. The maximum absolute atomic E-state index is 12.2. The second kappa shape index (κ2) is 9.48. The van der Waals surface area contributed by atoms with Gasteiger partial charge in [-0.2, -0.15) is 0 Å². The van der Waals surface area contributed by atoms with Crippen molar-refractivity contribution in [3.8, 4) is 11.5 Å². The van der Waals surface area contributed by atoms with E-state index < -0.39 is 23.9 Å². The fourth-order valence-corrected chi connectivity index (χ4v) is 4.65. The van der Waals surface area contributed by atoms with Crippen molar-refractivity contribution in [2.24, 2.45) is 0 Å². The predicted octanol–water partition coefficient (Wildman–Crippen LogP) is 3.35. The number of esters is 1. The van der Waals surface area contributed by atoms with E-state index >= 15 is 0 Å². The molecular formula is C25H31NO6. The summed E-state index contributed by atoms with van der Waals surface area (Å²) in [6, 6.07) is 12.1. The molecule has 2 heterocycles. The molecule has 2 fully saturated rings. The topological polar surface area (TPSA) is 99.5 Å².